The largest absolute Gasteiger partial charge is 0.457 e. The van der Waals surface area contributed by atoms with Crippen LogP contribution in [0.3, 0.4) is 0 Å². The van der Waals surface area contributed by atoms with Gasteiger partial charge in [-0.05, 0) is 44.9 Å². The summed E-state index contributed by atoms with van der Waals surface area (Å²) < 4.78 is 22.0. The smallest absolute Gasteiger partial charge is 0.305 e. The van der Waals surface area contributed by atoms with Crippen LogP contribution in [0.4, 0.5) is 0 Å². The van der Waals surface area contributed by atoms with Gasteiger partial charge in [-0.1, -0.05) is 95.2 Å². The Morgan fingerprint density at radius 3 is 1.93 bits per heavy atom. The third-order valence-corrected chi connectivity index (χ3v) is 7.36. The van der Waals surface area contributed by atoms with Crippen molar-refractivity contribution in [1.29, 1.82) is 0 Å². The number of hydrogen-bond donors (Lipinski definition) is 4. The SMILES string of the molecule is CCCCC/C=C\C/C=C\C/C=C\CCCCCCCCCOCC(COC1OC(CO)C(O)C(O)C1O)OC(=O)CC. The molecule has 6 atom stereocenters. The zero-order valence-corrected chi connectivity index (χ0v) is 26.7. The fraction of sp³-hybridized carbons (Fsp3) is 0.794. The van der Waals surface area contributed by atoms with Gasteiger partial charge in [0.25, 0.3) is 0 Å². The first-order valence-corrected chi connectivity index (χ1v) is 16.6. The maximum Gasteiger partial charge on any atom is 0.305 e. The minimum absolute atomic E-state index is 0.128. The van der Waals surface area contributed by atoms with Crippen molar-refractivity contribution in [2.75, 3.05) is 26.4 Å². The van der Waals surface area contributed by atoms with Crippen molar-refractivity contribution in [3.8, 4) is 0 Å². The third kappa shape index (κ3) is 19.4. The van der Waals surface area contributed by atoms with Crippen molar-refractivity contribution in [2.24, 2.45) is 0 Å². The van der Waals surface area contributed by atoms with Crippen LogP contribution < -0.4 is 0 Å². The van der Waals surface area contributed by atoms with E-state index in [2.05, 4.69) is 43.4 Å². The van der Waals surface area contributed by atoms with Gasteiger partial charge in [-0.2, -0.15) is 0 Å². The van der Waals surface area contributed by atoms with Crippen LogP contribution in [0.1, 0.15) is 110 Å². The Morgan fingerprint density at radius 2 is 1.33 bits per heavy atom. The average Bonchev–Trinajstić information content (AvgIpc) is 3.01. The molecule has 43 heavy (non-hydrogen) atoms. The van der Waals surface area contributed by atoms with Gasteiger partial charge in [-0.15, -0.1) is 0 Å². The van der Waals surface area contributed by atoms with E-state index in [0.29, 0.717) is 6.61 Å². The van der Waals surface area contributed by atoms with Gasteiger partial charge in [0.1, 0.15) is 30.5 Å². The number of ether oxygens (including phenoxy) is 4. The van der Waals surface area contributed by atoms with Crippen LogP contribution in [-0.2, 0) is 23.7 Å². The molecule has 1 aliphatic heterocycles. The van der Waals surface area contributed by atoms with E-state index in [0.717, 1.165) is 38.5 Å². The fourth-order valence-electron chi connectivity index (χ4n) is 4.65. The number of carbonyl (C=O) groups excluding carboxylic acids is 1. The van der Waals surface area contributed by atoms with Gasteiger partial charge in [0.15, 0.2) is 6.29 Å². The summed E-state index contributed by atoms with van der Waals surface area (Å²) in [6, 6.07) is 0. The Balaban J connectivity index is 2.08. The highest BCUT2D eigenvalue weighted by Gasteiger charge is 2.44. The average molecular weight is 613 g/mol. The molecule has 0 aromatic heterocycles. The van der Waals surface area contributed by atoms with E-state index in [1.807, 2.05) is 0 Å². The van der Waals surface area contributed by atoms with Crippen molar-refractivity contribution in [3.05, 3.63) is 36.5 Å². The normalized spacial score (nSPS) is 23.5. The Hall–Kier alpha value is -1.59. The van der Waals surface area contributed by atoms with E-state index in [4.69, 9.17) is 18.9 Å². The fourth-order valence-corrected chi connectivity index (χ4v) is 4.65. The van der Waals surface area contributed by atoms with E-state index in [9.17, 15) is 25.2 Å². The van der Waals surface area contributed by atoms with Gasteiger partial charge in [0.2, 0.25) is 0 Å². The summed E-state index contributed by atoms with van der Waals surface area (Å²) >= 11 is 0. The first-order valence-electron chi connectivity index (χ1n) is 16.6. The predicted molar refractivity (Wildman–Crippen MR) is 168 cm³/mol. The van der Waals surface area contributed by atoms with Crippen LogP contribution in [-0.4, -0.2) is 89.6 Å². The Bertz CT molecular complexity index is 752. The molecule has 250 valence electrons. The highest BCUT2D eigenvalue weighted by molar-refractivity contribution is 5.69. The van der Waals surface area contributed by atoms with Crippen LogP contribution >= 0.6 is 0 Å². The molecular weight excluding hydrogens is 552 g/mol. The molecule has 0 aromatic rings. The number of esters is 1. The van der Waals surface area contributed by atoms with Crippen molar-refractivity contribution in [3.63, 3.8) is 0 Å². The number of carbonyl (C=O) groups is 1. The van der Waals surface area contributed by atoms with E-state index in [1.165, 1.54) is 51.4 Å². The molecule has 1 saturated heterocycles. The molecule has 1 heterocycles. The molecule has 4 N–H and O–H groups in total. The van der Waals surface area contributed by atoms with Gasteiger partial charge in [0.05, 0.1) is 19.8 Å². The van der Waals surface area contributed by atoms with Gasteiger partial charge in [0, 0.05) is 13.0 Å². The van der Waals surface area contributed by atoms with Gasteiger partial charge >= 0.3 is 5.97 Å². The summed E-state index contributed by atoms with van der Waals surface area (Å²) in [5, 5.41) is 39.3. The molecule has 0 aliphatic carbocycles. The minimum atomic E-state index is -1.53. The summed E-state index contributed by atoms with van der Waals surface area (Å²) in [4.78, 5) is 11.8. The second-order valence-corrected chi connectivity index (χ2v) is 11.2. The first-order chi connectivity index (χ1) is 20.9. The highest BCUT2D eigenvalue weighted by Crippen LogP contribution is 2.22. The number of rotatable bonds is 26. The number of unbranched alkanes of at least 4 members (excludes halogenated alkanes) is 10. The molecule has 0 spiro atoms. The lowest BCUT2D eigenvalue weighted by molar-refractivity contribution is -0.305. The maximum absolute atomic E-state index is 11.8. The first kappa shape index (κ1) is 39.4. The summed E-state index contributed by atoms with van der Waals surface area (Å²) in [5.74, 6) is -0.408. The predicted octanol–water partition coefficient (Wildman–Crippen LogP) is 5.29. The summed E-state index contributed by atoms with van der Waals surface area (Å²) in [7, 11) is 0. The molecule has 0 bridgehead atoms. The lowest BCUT2D eigenvalue weighted by Crippen LogP contribution is -2.59. The van der Waals surface area contributed by atoms with E-state index in [-0.39, 0.29) is 19.6 Å². The second-order valence-electron chi connectivity index (χ2n) is 11.2. The Labute approximate surface area is 260 Å². The van der Waals surface area contributed by atoms with Crippen LogP contribution in [0.5, 0.6) is 0 Å². The minimum Gasteiger partial charge on any atom is -0.457 e. The van der Waals surface area contributed by atoms with Gasteiger partial charge in [-0.3, -0.25) is 4.79 Å². The van der Waals surface area contributed by atoms with Gasteiger partial charge < -0.3 is 39.4 Å². The van der Waals surface area contributed by atoms with Crippen molar-refractivity contribution < 1.29 is 44.2 Å². The van der Waals surface area contributed by atoms with E-state index in [1.54, 1.807) is 6.92 Å². The molecule has 9 heteroatoms. The standard InChI is InChI=1S/C34H60O9/c1-3-5-6-7-8-9-10-11-12-13-14-15-16-17-18-19-20-21-22-23-24-40-26-28(42-30(36)4-2)27-41-34-33(39)32(38)31(37)29(25-35)43-34/h8-9,11-12,14-15,28-29,31-35,37-39H,3-7,10,13,16-27H2,1-2H3/b9-8-,12-11-,15-14-. The lowest BCUT2D eigenvalue weighted by Gasteiger charge is -2.39. The van der Waals surface area contributed by atoms with E-state index < -0.39 is 49.4 Å². The Morgan fingerprint density at radius 1 is 0.744 bits per heavy atom. The summed E-state index contributed by atoms with van der Waals surface area (Å²) in [5.41, 5.74) is 0. The quantitative estimate of drug-likeness (QED) is 0.0584. The second kappa shape index (κ2) is 26.8. The van der Waals surface area contributed by atoms with Crippen LogP contribution in [0, 0.1) is 0 Å². The maximum atomic E-state index is 11.8. The molecule has 0 aromatic carbocycles. The summed E-state index contributed by atoms with van der Waals surface area (Å²) in [6.45, 7) is 3.91. The summed E-state index contributed by atoms with van der Waals surface area (Å²) in [6.07, 6.45) is 22.6. The molecule has 9 nitrogen and oxygen atoms in total. The lowest BCUT2D eigenvalue weighted by atomic mass is 9.99. The number of allylic oxidation sites excluding steroid dienone is 6. The van der Waals surface area contributed by atoms with Crippen LogP contribution in [0.15, 0.2) is 36.5 Å². The molecular formula is C34H60O9. The van der Waals surface area contributed by atoms with Crippen LogP contribution in [0.2, 0.25) is 0 Å². The molecule has 1 aliphatic rings. The van der Waals surface area contributed by atoms with Crippen molar-refractivity contribution >= 4 is 5.97 Å². The zero-order valence-electron chi connectivity index (χ0n) is 26.7. The highest BCUT2D eigenvalue weighted by atomic mass is 16.7. The molecule has 1 rings (SSSR count). The van der Waals surface area contributed by atoms with Gasteiger partial charge in [-0.25, -0.2) is 0 Å². The van der Waals surface area contributed by atoms with Crippen LogP contribution in [0.25, 0.3) is 0 Å². The molecule has 0 saturated carbocycles. The molecule has 6 unspecified atom stereocenters. The number of aliphatic hydroxyl groups excluding tert-OH is 4. The zero-order chi connectivity index (χ0) is 31.5. The Kier molecular flexibility index (Phi) is 24.6. The van der Waals surface area contributed by atoms with Crippen molar-refractivity contribution in [1.82, 2.24) is 0 Å². The number of aliphatic hydroxyl groups is 4. The molecule has 1 fully saturated rings. The topological polar surface area (TPSA) is 135 Å². The number of hydrogen-bond acceptors (Lipinski definition) is 9. The van der Waals surface area contributed by atoms with Crippen molar-refractivity contribution in [2.45, 2.75) is 147 Å². The molecule has 0 radical (unpaired) electrons. The molecule has 0 amide bonds. The third-order valence-electron chi connectivity index (χ3n) is 7.36. The monoisotopic (exact) mass is 612 g/mol. The van der Waals surface area contributed by atoms with E-state index >= 15 is 0 Å².